The Morgan fingerprint density at radius 2 is 1.33 bits per heavy atom. The Kier molecular flexibility index (Phi) is 9.82. The molecule has 2 N–H and O–H groups in total. The number of aromatic nitrogens is 6. The van der Waals surface area contributed by atoms with Crippen molar-refractivity contribution < 1.29 is 33.3 Å². The van der Waals surface area contributed by atoms with E-state index in [1.807, 2.05) is 4.98 Å². The van der Waals surface area contributed by atoms with Gasteiger partial charge in [0.25, 0.3) is 5.56 Å². The summed E-state index contributed by atoms with van der Waals surface area (Å²) in [6.45, 7) is -0.479. The monoisotopic (exact) mass is 684 g/mol. The summed E-state index contributed by atoms with van der Waals surface area (Å²) in [5.41, 5.74) is -2.08. The first-order chi connectivity index (χ1) is 23.8. The molecule has 248 valence electrons. The summed E-state index contributed by atoms with van der Waals surface area (Å²) in [4.78, 5) is 82.2. The van der Waals surface area contributed by atoms with Crippen LogP contribution in [-0.4, -0.2) is 72.8 Å². The third kappa shape index (κ3) is 7.69. The molecule has 16 nitrogen and oxygen atoms in total. The molecule has 1 aliphatic rings. The SMILES string of the molecule is O=C(OCC1OC(n2ncc(Sc3n[nH]c(=O)[nH]c3=O)nc2=O)C(OC(=O)c2ccccc2)C1OC(=O)c1ccccc1)c1ccccc1. The van der Waals surface area contributed by atoms with Crippen LogP contribution >= 0.6 is 11.8 Å². The Morgan fingerprint density at radius 3 is 1.88 bits per heavy atom. The Balaban J connectivity index is 1.35. The lowest BCUT2D eigenvalue weighted by atomic mass is 10.1. The minimum Gasteiger partial charge on any atom is -0.459 e. The minimum absolute atomic E-state index is 0.0671. The molecule has 3 aromatic carbocycles. The molecule has 1 aliphatic heterocycles. The van der Waals surface area contributed by atoms with Crippen LogP contribution in [0.5, 0.6) is 0 Å². The fourth-order valence-corrected chi connectivity index (χ4v) is 5.37. The van der Waals surface area contributed by atoms with Crippen molar-refractivity contribution in [2.75, 3.05) is 6.61 Å². The van der Waals surface area contributed by atoms with Crippen molar-refractivity contribution in [1.29, 1.82) is 0 Å². The molecular weight excluding hydrogens is 660 g/mol. The van der Waals surface area contributed by atoms with Crippen molar-refractivity contribution in [3.63, 3.8) is 0 Å². The Hall–Kier alpha value is -6.20. The standard InChI is InChI=1S/C32H24N6O10S/c39-25-26(36-37-31(43)35-25)49-22-16-33-38(32(44)34-22)27-24(48-30(42)20-14-8-3-9-15-20)23(47-29(41)19-12-6-2-7-13-19)21(46-27)17-45-28(40)18-10-4-1-5-11-18/h1-16,21,23-24,27H,17H2,(H2,35,37,39,43). The number of hydrogen-bond donors (Lipinski definition) is 2. The summed E-state index contributed by atoms with van der Waals surface area (Å²) in [5.74, 6) is -2.35. The Bertz CT molecular complexity index is 2140. The lowest BCUT2D eigenvalue weighted by Crippen LogP contribution is -2.43. The highest BCUT2D eigenvalue weighted by Crippen LogP contribution is 2.34. The third-order valence-corrected chi connectivity index (χ3v) is 7.87. The van der Waals surface area contributed by atoms with E-state index in [9.17, 15) is 28.8 Å². The van der Waals surface area contributed by atoms with Crippen LogP contribution in [0.3, 0.4) is 0 Å². The van der Waals surface area contributed by atoms with Crippen LogP contribution in [-0.2, 0) is 18.9 Å². The van der Waals surface area contributed by atoms with Crippen LogP contribution in [0.25, 0.3) is 0 Å². The average molecular weight is 685 g/mol. The molecule has 0 bridgehead atoms. The number of benzene rings is 3. The number of rotatable bonds is 10. The average Bonchev–Trinajstić information content (AvgIpc) is 3.45. The molecule has 0 spiro atoms. The zero-order valence-corrected chi connectivity index (χ0v) is 25.9. The van der Waals surface area contributed by atoms with Gasteiger partial charge in [-0.25, -0.2) is 29.1 Å². The predicted molar refractivity (Wildman–Crippen MR) is 168 cm³/mol. The molecule has 4 unspecified atom stereocenters. The molecule has 5 aromatic rings. The maximum Gasteiger partial charge on any atom is 0.367 e. The lowest BCUT2D eigenvalue weighted by Gasteiger charge is -2.24. The number of hydrogen-bond acceptors (Lipinski definition) is 14. The number of carbonyl (C=O) groups is 3. The second-order valence-corrected chi connectivity index (χ2v) is 11.2. The largest absolute Gasteiger partial charge is 0.459 e. The number of carbonyl (C=O) groups excluding carboxylic acids is 3. The van der Waals surface area contributed by atoms with Gasteiger partial charge in [-0.15, -0.1) is 0 Å². The van der Waals surface area contributed by atoms with E-state index in [0.717, 1.165) is 10.9 Å². The smallest absolute Gasteiger partial charge is 0.367 e. The quantitative estimate of drug-likeness (QED) is 0.158. The van der Waals surface area contributed by atoms with Crippen molar-refractivity contribution in [2.45, 2.75) is 34.6 Å². The highest BCUT2D eigenvalue weighted by Gasteiger charge is 2.52. The van der Waals surface area contributed by atoms with Crippen molar-refractivity contribution in [3.8, 4) is 0 Å². The number of aromatic amines is 2. The normalized spacial score (nSPS) is 18.4. The van der Waals surface area contributed by atoms with E-state index in [-0.39, 0.29) is 26.7 Å². The molecule has 0 amide bonds. The van der Waals surface area contributed by atoms with E-state index in [2.05, 4.69) is 20.3 Å². The van der Waals surface area contributed by atoms with Gasteiger partial charge in [0.2, 0.25) is 0 Å². The maximum absolute atomic E-state index is 13.4. The van der Waals surface area contributed by atoms with Gasteiger partial charge < -0.3 is 18.9 Å². The van der Waals surface area contributed by atoms with Gasteiger partial charge >= 0.3 is 29.3 Å². The van der Waals surface area contributed by atoms with Gasteiger partial charge in [0, 0.05) is 0 Å². The number of ether oxygens (including phenoxy) is 4. The van der Waals surface area contributed by atoms with Crippen molar-refractivity contribution in [1.82, 2.24) is 29.9 Å². The fourth-order valence-electron chi connectivity index (χ4n) is 4.72. The van der Waals surface area contributed by atoms with E-state index in [4.69, 9.17) is 18.9 Å². The van der Waals surface area contributed by atoms with Crippen LogP contribution in [0.2, 0.25) is 0 Å². The summed E-state index contributed by atoms with van der Waals surface area (Å²) in [7, 11) is 0. The van der Waals surface area contributed by atoms with E-state index < -0.39 is 66.0 Å². The number of nitrogens with one attached hydrogen (secondary N) is 2. The summed E-state index contributed by atoms with van der Waals surface area (Å²) < 4.78 is 24.1. The molecule has 3 heterocycles. The molecule has 4 atom stereocenters. The van der Waals surface area contributed by atoms with Crippen molar-refractivity contribution in [2.24, 2.45) is 0 Å². The topological polar surface area (TPSA) is 215 Å². The van der Waals surface area contributed by atoms with Gasteiger partial charge in [-0.05, 0) is 48.2 Å². The Morgan fingerprint density at radius 1 is 0.776 bits per heavy atom. The molecular formula is C32H24N6O10S. The van der Waals surface area contributed by atoms with E-state index >= 15 is 0 Å². The van der Waals surface area contributed by atoms with E-state index in [1.165, 1.54) is 24.3 Å². The van der Waals surface area contributed by atoms with Crippen LogP contribution < -0.4 is 16.9 Å². The molecule has 1 saturated heterocycles. The maximum atomic E-state index is 13.4. The lowest BCUT2D eigenvalue weighted by molar-refractivity contribution is -0.0700. The second-order valence-electron chi connectivity index (χ2n) is 10.2. The van der Waals surface area contributed by atoms with Crippen LogP contribution in [0, 0.1) is 0 Å². The second kappa shape index (κ2) is 14.7. The zero-order chi connectivity index (χ0) is 34.3. The van der Waals surface area contributed by atoms with Crippen molar-refractivity contribution >= 4 is 29.7 Å². The summed E-state index contributed by atoms with van der Waals surface area (Å²) in [6, 6.07) is 24.0. The van der Waals surface area contributed by atoms with Gasteiger partial charge in [0.1, 0.15) is 17.7 Å². The fraction of sp³-hybridized carbons (Fsp3) is 0.156. The third-order valence-electron chi connectivity index (χ3n) is 7.00. The first-order valence-electron chi connectivity index (χ1n) is 14.5. The highest BCUT2D eigenvalue weighted by atomic mass is 32.2. The molecule has 1 fully saturated rings. The van der Waals surface area contributed by atoms with Gasteiger partial charge in [-0.3, -0.25) is 9.78 Å². The van der Waals surface area contributed by atoms with E-state index in [1.54, 1.807) is 66.7 Å². The predicted octanol–water partition coefficient (Wildman–Crippen LogP) is 1.77. The summed E-state index contributed by atoms with van der Waals surface area (Å²) in [6.07, 6.45) is -4.60. The molecule has 6 rings (SSSR count). The van der Waals surface area contributed by atoms with Crippen LogP contribution in [0.15, 0.2) is 122 Å². The van der Waals surface area contributed by atoms with Crippen molar-refractivity contribution in [3.05, 3.63) is 145 Å². The number of esters is 3. The van der Waals surface area contributed by atoms with Gasteiger partial charge in [0.05, 0.1) is 22.9 Å². The van der Waals surface area contributed by atoms with Crippen LogP contribution in [0.1, 0.15) is 37.3 Å². The first kappa shape index (κ1) is 32.7. The number of H-pyrrole nitrogens is 2. The van der Waals surface area contributed by atoms with E-state index in [0.29, 0.717) is 11.8 Å². The van der Waals surface area contributed by atoms with Gasteiger partial charge in [0.15, 0.2) is 23.5 Å². The molecule has 0 aliphatic carbocycles. The summed E-state index contributed by atoms with van der Waals surface area (Å²) in [5, 5.41) is 9.56. The van der Waals surface area contributed by atoms with Crippen LogP contribution in [0.4, 0.5) is 0 Å². The molecule has 49 heavy (non-hydrogen) atoms. The van der Waals surface area contributed by atoms with Gasteiger partial charge in [-0.2, -0.15) is 19.9 Å². The molecule has 17 heteroatoms. The summed E-state index contributed by atoms with van der Waals surface area (Å²) >= 11 is 0.648. The molecule has 0 radical (unpaired) electrons. The minimum atomic E-state index is -1.53. The van der Waals surface area contributed by atoms with Gasteiger partial charge in [-0.1, -0.05) is 54.6 Å². The Labute approximate surface area is 279 Å². The first-order valence-corrected chi connectivity index (χ1v) is 15.3. The highest BCUT2D eigenvalue weighted by molar-refractivity contribution is 7.99. The zero-order valence-electron chi connectivity index (χ0n) is 25.0. The molecule has 0 saturated carbocycles. The number of nitrogens with zero attached hydrogens (tertiary/aromatic N) is 4. The molecule has 2 aromatic heterocycles.